The molecule has 160 valence electrons. The van der Waals surface area contributed by atoms with Gasteiger partial charge in [-0.1, -0.05) is 24.3 Å². The maximum atomic E-state index is 12.2. The van der Waals surface area contributed by atoms with Crippen LogP contribution in [0, 0.1) is 6.57 Å². The number of hydrogen-bond donors (Lipinski definition) is 2. The van der Waals surface area contributed by atoms with Gasteiger partial charge in [-0.2, -0.15) is 10.2 Å². The van der Waals surface area contributed by atoms with Crippen molar-refractivity contribution in [2.45, 2.75) is 18.9 Å². The third kappa shape index (κ3) is 3.28. The molecule has 2 aromatic heterocycles. The van der Waals surface area contributed by atoms with Crippen molar-refractivity contribution in [2.24, 2.45) is 12.8 Å². The molecule has 32 heavy (non-hydrogen) atoms. The lowest BCUT2D eigenvalue weighted by Gasteiger charge is -2.14. The van der Waals surface area contributed by atoms with E-state index in [1.165, 1.54) is 0 Å². The zero-order valence-electron chi connectivity index (χ0n) is 17.6. The number of nitrogens with two attached hydrogens (primary N) is 1. The SMILES string of the molecule is [C-]#[N+]c1ccc(C2CCOC2)cc1-c1c(-c2ccc3c(=O)[nH]nc(CN)c3c2)cnn1C. The molecule has 5 rings (SSSR count). The molecule has 1 aliphatic heterocycles. The molecule has 3 N–H and O–H groups in total. The van der Waals surface area contributed by atoms with E-state index >= 15 is 0 Å². The summed E-state index contributed by atoms with van der Waals surface area (Å²) in [6.45, 7) is 9.38. The quantitative estimate of drug-likeness (QED) is 0.486. The second-order valence-electron chi connectivity index (χ2n) is 7.94. The summed E-state index contributed by atoms with van der Waals surface area (Å²) < 4.78 is 7.36. The van der Waals surface area contributed by atoms with Gasteiger partial charge in [-0.3, -0.25) is 9.48 Å². The summed E-state index contributed by atoms with van der Waals surface area (Å²) in [6, 6.07) is 11.6. The number of aromatic amines is 1. The Kier molecular flexibility index (Phi) is 5.05. The van der Waals surface area contributed by atoms with Crippen LogP contribution in [-0.4, -0.2) is 33.2 Å². The van der Waals surface area contributed by atoms with Crippen molar-refractivity contribution in [1.82, 2.24) is 20.0 Å². The smallest absolute Gasteiger partial charge is 0.272 e. The highest BCUT2D eigenvalue weighted by atomic mass is 16.5. The first-order chi connectivity index (χ1) is 15.6. The van der Waals surface area contributed by atoms with E-state index in [9.17, 15) is 4.79 Å². The van der Waals surface area contributed by atoms with Crippen molar-refractivity contribution in [3.05, 3.63) is 75.6 Å². The number of hydrogen-bond acceptors (Lipinski definition) is 5. The van der Waals surface area contributed by atoms with Crippen molar-refractivity contribution in [3.8, 4) is 22.4 Å². The van der Waals surface area contributed by atoms with Crippen LogP contribution in [0.3, 0.4) is 0 Å². The van der Waals surface area contributed by atoms with Gasteiger partial charge in [0.1, 0.15) is 0 Å². The molecule has 0 amide bonds. The lowest BCUT2D eigenvalue weighted by Crippen LogP contribution is -2.13. The summed E-state index contributed by atoms with van der Waals surface area (Å²) in [4.78, 5) is 16.0. The Morgan fingerprint density at radius 3 is 2.88 bits per heavy atom. The van der Waals surface area contributed by atoms with Gasteiger partial charge in [0.05, 0.1) is 36.1 Å². The Bertz CT molecular complexity index is 1420. The van der Waals surface area contributed by atoms with E-state index in [0.717, 1.165) is 41.0 Å². The number of nitrogens with one attached hydrogen (secondary N) is 1. The highest BCUT2D eigenvalue weighted by molar-refractivity contribution is 5.93. The molecule has 8 heteroatoms. The van der Waals surface area contributed by atoms with E-state index in [0.29, 0.717) is 34.7 Å². The van der Waals surface area contributed by atoms with Gasteiger partial charge in [-0.15, -0.1) is 0 Å². The second kappa shape index (κ2) is 8.04. The fourth-order valence-electron chi connectivity index (χ4n) is 4.40. The summed E-state index contributed by atoms with van der Waals surface area (Å²) in [6.07, 6.45) is 2.77. The fraction of sp³-hybridized carbons (Fsp3) is 0.250. The molecule has 0 aliphatic carbocycles. The van der Waals surface area contributed by atoms with Crippen LogP contribution in [-0.2, 0) is 18.3 Å². The highest BCUT2D eigenvalue weighted by Gasteiger charge is 2.22. The number of aryl methyl sites for hydroxylation is 1. The van der Waals surface area contributed by atoms with Gasteiger partial charge in [0.15, 0.2) is 5.69 Å². The molecule has 0 bridgehead atoms. The van der Waals surface area contributed by atoms with Crippen LogP contribution in [0.1, 0.15) is 23.6 Å². The molecule has 0 saturated carbocycles. The molecule has 0 radical (unpaired) electrons. The maximum Gasteiger partial charge on any atom is 0.272 e. The largest absolute Gasteiger partial charge is 0.381 e. The average Bonchev–Trinajstić information content (AvgIpc) is 3.49. The topological polar surface area (TPSA) is 103 Å². The summed E-state index contributed by atoms with van der Waals surface area (Å²) >= 11 is 0. The molecule has 8 nitrogen and oxygen atoms in total. The molecule has 0 spiro atoms. The fourth-order valence-corrected chi connectivity index (χ4v) is 4.40. The first-order valence-electron chi connectivity index (χ1n) is 10.4. The van der Waals surface area contributed by atoms with Crippen LogP contribution in [0.25, 0.3) is 38.0 Å². The van der Waals surface area contributed by atoms with Gasteiger partial charge in [0.2, 0.25) is 0 Å². The number of benzene rings is 2. The number of nitrogens with zero attached hydrogens (tertiary/aromatic N) is 4. The number of aromatic nitrogens is 4. The minimum Gasteiger partial charge on any atom is -0.381 e. The third-order valence-corrected chi connectivity index (χ3v) is 6.11. The number of fused-ring (bicyclic) bond motifs is 1. The molecular weight excluding hydrogens is 404 g/mol. The number of ether oxygens (including phenoxy) is 1. The molecule has 1 atom stereocenters. The van der Waals surface area contributed by atoms with E-state index in [-0.39, 0.29) is 12.1 Å². The van der Waals surface area contributed by atoms with Crippen LogP contribution in [0.5, 0.6) is 0 Å². The Hall–Kier alpha value is -3.80. The van der Waals surface area contributed by atoms with E-state index in [1.807, 2.05) is 31.3 Å². The normalized spacial score (nSPS) is 15.8. The molecule has 3 heterocycles. The van der Waals surface area contributed by atoms with Crippen molar-refractivity contribution >= 4 is 16.5 Å². The molecule has 4 aromatic rings. The third-order valence-electron chi connectivity index (χ3n) is 6.11. The van der Waals surface area contributed by atoms with Crippen LogP contribution in [0.2, 0.25) is 0 Å². The van der Waals surface area contributed by atoms with E-state index in [1.54, 1.807) is 16.9 Å². The first kappa shape index (κ1) is 20.1. The second-order valence-corrected chi connectivity index (χ2v) is 7.94. The zero-order valence-corrected chi connectivity index (χ0v) is 17.6. The van der Waals surface area contributed by atoms with Crippen LogP contribution in [0.4, 0.5) is 5.69 Å². The molecule has 1 fully saturated rings. The molecular formula is C24H22N6O2. The van der Waals surface area contributed by atoms with Gasteiger partial charge in [0.25, 0.3) is 5.56 Å². The number of rotatable bonds is 4. The zero-order chi connectivity index (χ0) is 22.2. The predicted molar refractivity (Wildman–Crippen MR) is 122 cm³/mol. The van der Waals surface area contributed by atoms with Gasteiger partial charge in [-0.05, 0) is 29.7 Å². The van der Waals surface area contributed by atoms with E-state index in [2.05, 4.69) is 26.2 Å². The molecule has 1 aliphatic rings. The summed E-state index contributed by atoms with van der Waals surface area (Å²) in [5.74, 6) is 0.329. The van der Waals surface area contributed by atoms with Crippen LogP contribution < -0.4 is 11.3 Å². The summed E-state index contributed by atoms with van der Waals surface area (Å²) in [5, 5.41) is 12.3. The average molecular weight is 426 g/mol. The Balaban J connectivity index is 1.70. The van der Waals surface area contributed by atoms with E-state index in [4.69, 9.17) is 17.0 Å². The minimum atomic E-state index is -0.253. The molecule has 1 unspecified atom stereocenters. The molecule has 1 saturated heterocycles. The van der Waals surface area contributed by atoms with Gasteiger partial charge >= 0.3 is 0 Å². The lowest BCUT2D eigenvalue weighted by molar-refractivity contribution is 0.194. The molecule has 2 aromatic carbocycles. The predicted octanol–water partition coefficient (Wildman–Crippen LogP) is 3.50. The number of H-pyrrole nitrogens is 1. The Morgan fingerprint density at radius 2 is 2.12 bits per heavy atom. The van der Waals surface area contributed by atoms with Gasteiger partial charge < -0.3 is 10.5 Å². The van der Waals surface area contributed by atoms with Crippen molar-refractivity contribution in [3.63, 3.8) is 0 Å². The monoisotopic (exact) mass is 426 g/mol. The van der Waals surface area contributed by atoms with Gasteiger partial charge in [-0.25, -0.2) is 9.94 Å². The van der Waals surface area contributed by atoms with Crippen LogP contribution >= 0.6 is 0 Å². The maximum absolute atomic E-state index is 12.2. The first-order valence-corrected chi connectivity index (χ1v) is 10.4. The Labute approximate surface area is 184 Å². The van der Waals surface area contributed by atoms with Crippen LogP contribution in [0.15, 0.2) is 47.4 Å². The van der Waals surface area contributed by atoms with Crippen molar-refractivity contribution in [2.75, 3.05) is 13.2 Å². The Morgan fingerprint density at radius 1 is 1.25 bits per heavy atom. The van der Waals surface area contributed by atoms with Crippen molar-refractivity contribution < 1.29 is 4.74 Å². The highest BCUT2D eigenvalue weighted by Crippen LogP contribution is 2.40. The van der Waals surface area contributed by atoms with Gasteiger partial charge in [0, 0.05) is 42.6 Å². The minimum absolute atomic E-state index is 0.212. The summed E-state index contributed by atoms with van der Waals surface area (Å²) in [7, 11) is 1.87. The lowest BCUT2D eigenvalue weighted by atomic mass is 9.92. The van der Waals surface area contributed by atoms with Crippen molar-refractivity contribution in [1.29, 1.82) is 0 Å². The van der Waals surface area contributed by atoms with E-state index < -0.39 is 0 Å². The standard InChI is InChI=1S/C24H22N6O2/c1-26-21-6-4-14(16-7-8-32-13-16)9-19(21)23-20(12-27-30(23)2)15-3-5-17-18(10-15)22(11-25)28-29-24(17)31/h3-6,9-10,12,16H,7-8,11,13,25H2,2H3,(H,29,31). The summed E-state index contributed by atoms with van der Waals surface area (Å²) in [5.41, 5.74) is 11.4.